The maximum absolute atomic E-state index is 13.6. The van der Waals surface area contributed by atoms with E-state index < -0.39 is 0 Å². The molecule has 0 unspecified atom stereocenters. The van der Waals surface area contributed by atoms with Crippen molar-refractivity contribution in [3.63, 3.8) is 0 Å². The van der Waals surface area contributed by atoms with Gasteiger partial charge >= 0.3 is 0 Å². The van der Waals surface area contributed by atoms with Gasteiger partial charge in [0.1, 0.15) is 11.6 Å². The highest BCUT2D eigenvalue weighted by Gasteiger charge is 2.06. The Morgan fingerprint density at radius 2 is 1.94 bits per heavy atom. The molecule has 0 aliphatic carbocycles. The Labute approximate surface area is 93.9 Å². The molecule has 2 aromatic rings. The first-order valence-electron chi connectivity index (χ1n) is 5.06. The van der Waals surface area contributed by atoms with Crippen LogP contribution in [0.1, 0.15) is 11.1 Å². The van der Waals surface area contributed by atoms with Crippen molar-refractivity contribution in [3.05, 3.63) is 47.4 Å². The second kappa shape index (κ2) is 3.93. The number of rotatable bonds is 1. The van der Waals surface area contributed by atoms with E-state index in [9.17, 15) is 4.39 Å². The van der Waals surface area contributed by atoms with E-state index in [2.05, 4.69) is 4.98 Å². The lowest BCUT2D eigenvalue weighted by Crippen LogP contribution is -1.95. The third-order valence-corrected chi connectivity index (χ3v) is 2.55. The van der Waals surface area contributed by atoms with Gasteiger partial charge in [-0.25, -0.2) is 9.37 Å². The minimum absolute atomic E-state index is 0.239. The first-order chi connectivity index (χ1) is 7.58. The lowest BCUT2D eigenvalue weighted by molar-refractivity contribution is 0.631. The van der Waals surface area contributed by atoms with Gasteiger partial charge < -0.3 is 5.73 Å². The normalized spacial score (nSPS) is 10.4. The van der Waals surface area contributed by atoms with Crippen LogP contribution in [0.25, 0.3) is 11.1 Å². The summed E-state index contributed by atoms with van der Waals surface area (Å²) in [6.45, 7) is 3.79. The quantitative estimate of drug-likeness (QED) is 0.795. The molecule has 0 radical (unpaired) electrons. The van der Waals surface area contributed by atoms with Gasteiger partial charge in [-0.1, -0.05) is 11.6 Å². The van der Waals surface area contributed by atoms with Crippen LogP contribution in [0, 0.1) is 19.7 Å². The number of aromatic nitrogens is 1. The first-order valence-corrected chi connectivity index (χ1v) is 5.06. The molecule has 0 saturated heterocycles. The molecule has 0 saturated carbocycles. The van der Waals surface area contributed by atoms with Gasteiger partial charge in [0.05, 0.1) is 0 Å². The summed E-state index contributed by atoms with van der Waals surface area (Å²) in [5.74, 6) is 0.244. The van der Waals surface area contributed by atoms with E-state index in [0.717, 1.165) is 16.7 Å². The summed E-state index contributed by atoms with van der Waals surface area (Å²) in [5, 5.41) is 0. The Balaban J connectivity index is 2.58. The molecule has 1 aromatic carbocycles. The Morgan fingerprint density at radius 1 is 1.19 bits per heavy atom. The van der Waals surface area contributed by atoms with Crippen molar-refractivity contribution in [1.29, 1.82) is 0 Å². The van der Waals surface area contributed by atoms with Gasteiger partial charge in [0.15, 0.2) is 0 Å². The standard InChI is InChI=1S/C13H13FN2/c1-8-3-4-12(14)11(5-8)10-6-9(2)13(15)16-7-10/h3-7H,1-2H3,(H2,15,16). The largest absolute Gasteiger partial charge is 0.383 e. The fourth-order valence-electron chi connectivity index (χ4n) is 1.59. The average Bonchev–Trinajstić information content (AvgIpc) is 2.26. The topological polar surface area (TPSA) is 38.9 Å². The van der Waals surface area contributed by atoms with E-state index in [4.69, 9.17) is 5.73 Å². The number of benzene rings is 1. The highest BCUT2D eigenvalue weighted by molar-refractivity contribution is 5.66. The molecule has 0 aliphatic rings. The molecule has 0 atom stereocenters. The number of nitrogen functional groups attached to an aromatic ring is 1. The van der Waals surface area contributed by atoms with E-state index in [1.807, 2.05) is 26.0 Å². The van der Waals surface area contributed by atoms with Crippen LogP contribution >= 0.6 is 0 Å². The minimum Gasteiger partial charge on any atom is -0.383 e. The van der Waals surface area contributed by atoms with E-state index in [0.29, 0.717) is 11.4 Å². The van der Waals surface area contributed by atoms with Gasteiger partial charge in [-0.05, 0) is 37.6 Å². The molecule has 16 heavy (non-hydrogen) atoms. The highest BCUT2D eigenvalue weighted by atomic mass is 19.1. The van der Waals surface area contributed by atoms with Crippen molar-refractivity contribution in [1.82, 2.24) is 4.98 Å². The molecule has 0 bridgehead atoms. The number of hydrogen-bond donors (Lipinski definition) is 1. The number of halogens is 1. The van der Waals surface area contributed by atoms with Gasteiger partial charge in [0.2, 0.25) is 0 Å². The van der Waals surface area contributed by atoms with Crippen LogP contribution in [-0.2, 0) is 0 Å². The summed E-state index contributed by atoms with van der Waals surface area (Å²) < 4.78 is 13.6. The van der Waals surface area contributed by atoms with E-state index >= 15 is 0 Å². The fraction of sp³-hybridized carbons (Fsp3) is 0.154. The lowest BCUT2D eigenvalue weighted by atomic mass is 10.0. The predicted octanol–water partition coefficient (Wildman–Crippen LogP) is 3.09. The van der Waals surface area contributed by atoms with Gasteiger partial charge in [-0.15, -0.1) is 0 Å². The number of anilines is 1. The summed E-state index contributed by atoms with van der Waals surface area (Å²) in [4.78, 5) is 4.04. The average molecular weight is 216 g/mol. The van der Waals surface area contributed by atoms with Crippen LogP contribution in [0.2, 0.25) is 0 Å². The molecule has 0 aliphatic heterocycles. The van der Waals surface area contributed by atoms with Crippen LogP contribution in [0.15, 0.2) is 30.5 Å². The zero-order valence-electron chi connectivity index (χ0n) is 9.29. The Bertz CT molecular complexity index is 535. The number of nitrogens with zero attached hydrogens (tertiary/aromatic N) is 1. The smallest absolute Gasteiger partial charge is 0.131 e. The molecule has 2 N–H and O–H groups in total. The lowest BCUT2D eigenvalue weighted by Gasteiger charge is -2.06. The minimum atomic E-state index is -0.239. The van der Waals surface area contributed by atoms with Gasteiger partial charge in [-0.2, -0.15) is 0 Å². The number of aryl methyl sites for hydroxylation is 2. The van der Waals surface area contributed by atoms with E-state index in [1.54, 1.807) is 12.3 Å². The zero-order chi connectivity index (χ0) is 11.7. The Morgan fingerprint density at radius 3 is 2.62 bits per heavy atom. The van der Waals surface area contributed by atoms with Crippen molar-refractivity contribution in [3.8, 4) is 11.1 Å². The second-order valence-electron chi connectivity index (χ2n) is 3.91. The van der Waals surface area contributed by atoms with Gasteiger partial charge in [-0.3, -0.25) is 0 Å². The SMILES string of the molecule is Cc1ccc(F)c(-c2cnc(N)c(C)c2)c1. The third kappa shape index (κ3) is 1.89. The molecule has 0 spiro atoms. The highest BCUT2D eigenvalue weighted by Crippen LogP contribution is 2.25. The monoisotopic (exact) mass is 216 g/mol. The maximum Gasteiger partial charge on any atom is 0.131 e. The van der Waals surface area contributed by atoms with Gasteiger partial charge in [0, 0.05) is 17.3 Å². The number of hydrogen-bond acceptors (Lipinski definition) is 2. The zero-order valence-corrected chi connectivity index (χ0v) is 9.29. The summed E-state index contributed by atoms with van der Waals surface area (Å²) in [5.41, 5.74) is 8.83. The Hall–Kier alpha value is -1.90. The van der Waals surface area contributed by atoms with E-state index in [1.165, 1.54) is 6.07 Å². The molecule has 1 heterocycles. The molecule has 3 heteroatoms. The van der Waals surface area contributed by atoms with Crippen LogP contribution in [0.4, 0.5) is 10.2 Å². The fourth-order valence-corrected chi connectivity index (χ4v) is 1.59. The molecule has 1 aromatic heterocycles. The molecule has 0 amide bonds. The molecule has 0 fully saturated rings. The van der Waals surface area contributed by atoms with E-state index in [-0.39, 0.29) is 5.82 Å². The summed E-state index contributed by atoms with van der Waals surface area (Å²) in [6, 6.07) is 6.87. The first kappa shape index (κ1) is 10.6. The number of pyridine rings is 1. The van der Waals surface area contributed by atoms with Crippen LogP contribution in [-0.4, -0.2) is 4.98 Å². The molecular formula is C13H13FN2. The van der Waals surface area contributed by atoms with Crippen molar-refractivity contribution < 1.29 is 4.39 Å². The van der Waals surface area contributed by atoms with Crippen molar-refractivity contribution >= 4 is 5.82 Å². The molecular weight excluding hydrogens is 203 g/mol. The van der Waals surface area contributed by atoms with Crippen LogP contribution in [0.5, 0.6) is 0 Å². The molecule has 82 valence electrons. The number of nitrogens with two attached hydrogens (primary N) is 1. The van der Waals surface area contributed by atoms with Crippen LogP contribution < -0.4 is 5.73 Å². The molecule has 2 rings (SSSR count). The van der Waals surface area contributed by atoms with Crippen molar-refractivity contribution in [2.75, 3.05) is 5.73 Å². The summed E-state index contributed by atoms with van der Waals surface area (Å²) >= 11 is 0. The Kier molecular flexibility index (Phi) is 2.60. The van der Waals surface area contributed by atoms with Crippen LogP contribution in [0.3, 0.4) is 0 Å². The third-order valence-electron chi connectivity index (χ3n) is 2.55. The molecule has 2 nitrogen and oxygen atoms in total. The van der Waals surface area contributed by atoms with Crippen molar-refractivity contribution in [2.45, 2.75) is 13.8 Å². The predicted molar refractivity (Wildman–Crippen MR) is 63.5 cm³/mol. The van der Waals surface area contributed by atoms with Crippen molar-refractivity contribution in [2.24, 2.45) is 0 Å². The summed E-state index contributed by atoms with van der Waals surface area (Å²) in [6.07, 6.45) is 1.60. The van der Waals surface area contributed by atoms with Gasteiger partial charge in [0.25, 0.3) is 0 Å². The second-order valence-corrected chi connectivity index (χ2v) is 3.91. The summed E-state index contributed by atoms with van der Waals surface area (Å²) in [7, 11) is 0. The maximum atomic E-state index is 13.6.